The van der Waals surface area contributed by atoms with Crippen LogP contribution in [-0.4, -0.2) is 11.8 Å². The predicted octanol–water partition coefficient (Wildman–Crippen LogP) is -1.16. The number of nitriles is 1. The van der Waals surface area contributed by atoms with Gasteiger partial charge in [0.25, 0.3) is 0 Å². The number of hydrogen-bond acceptors (Lipinski definition) is 3. The lowest BCUT2D eigenvalue weighted by atomic mass is 10.5. The van der Waals surface area contributed by atoms with E-state index in [0.717, 1.165) is 0 Å². The van der Waals surface area contributed by atoms with E-state index in [1.807, 2.05) is 10.6 Å². The van der Waals surface area contributed by atoms with Gasteiger partial charge in [0, 0.05) is 0 Å². The summed E-state index contributed by atoms with van der Waals surface area (Å²) in [6.07, 6.45) is 0. The smallest absolute Gasteiger partial charge is 0.312 e. The van der Waals surface area contributed by atoms with Gasteiger partial charge in [-0.25, -0.2) is 10.1 Å². The Morgan fingerprint density at radius 3 is 2.25 bits per heavy atom. The first kappa shape index (κ1) is 7.76. The van der Waals surface area contributed by atoms with Gasteiger partial charge in [0.1, 0.15) is 5.82 Å². The maximum absolute atomic E-state index is 10.6. The quantitative estimate of drug-likeness (QED) is 0.267. The summed E-state index contributed by atoms with van der Waals surface area (Å²) in [5.74, 6) is -1.86. The molecule has 1 aliphatic rings. The molecule has 1 saturated heterocycles. The molecular formula is C6H2N4O2. The van der Waals surface area contributed by atoms with Gasteiger partial charge in [0.05, 0.1) is 12.6 Å². The van der Waals surface area contributed by atoms with Gasteiger partial charge in [-0.2, -0.15) is 0 Å². The number of rotatable bonds is 0. The first-order chi connectivity index (χ1) is 5.69. The van der Waals surface area contributed by atoms with Crippen molar-refractivity contribution >= 4 is 11.8 Å². The monoisotopic (exact) mass is 162 g/mol. The zero-order valence-corrected chi connectivity index (χ0v) is 5.71. The summed E-state index contributed by atoms with van der Waals surface area (Å²) in [6.45, 7) is 6.50. The van der Waals surface area contributed by atoms with Crippen LogP contribution in [-0.2, 0) is 9.59 Å². The summed E-state index contributed by atoms with van der Waals surface area (Å²) in [6, 6.07) is 1.53. The lowest BCUT2D eigenvalue weighted by Crippen LogP contribution is -2.19. The van der Waals surface area contributed by atoms with Crippen LogP contribution in [0.3, 0.4) is 0 Å². The number of nitrogens with zero attached hydrogens (tertiary/aromatic N) is 2. The van der Waals surface area contributed by atoms with Crippen molar-refractivity contribution in [3.63, 3.8) is 0 Å². The molecule has 0 aromatic carbocycles. The second-order valence-electron chi connectivity index (χ2n) is 1.86. The summed E-state index contributed by atoms with van der Waals surface area (Å²) < 4.78 is 0. The second kappa shape index (κ2) is 2.72. The largest absolute Gasteiger partial charge is 0.314 e. The maximum atomic E-state index is 10.6. The molecule has 0 unspecified atom stereocenters. The number of amides is 2. The van der Waals surface area contributed by atoms with E-state index in [-0.39, 0.29) is 11.5 Å². The molecule has 6 nitrogen and oxygen atoms in total. The molecule has 1 aliphatic heterocycles. The highest BCUT2D eigenvalue weighted by atomic mass is 16.2. The van der Waals surface area contributed by atoms with Gasteiger partial charge in [-0.3, -0.25) is 9.59 Å². The van der Waals surface area contributed by atoms with Crippen LogP contribution < -0.4 is 10.6 Å². The highest BCUT2D eigenvalue weighted by molar-refractivity contribution is 6.38. The molecule has 12 heavy (non-hydrogen) atoms. The zero-order valence-electron chi connectivity index (χ0n) is 5.71. The number of allylic oxidation sites excluding steroid dienone is 1. The van der Waals surface area contributed by atoms with Crippen molar-refractivity contribution in [2.75, 3.05) is 0 Å². The first-order valence-electron chi connectivity index (χ1n) is 2.83. The highest BCUT2D eigenvalue weighted by Crippen LogP contribution is 2.02. The molecule has 0 spiro atoms. The fourth-order valence-corrected chi connectivity index (χ4v) is 0.627. The van der Waals surface area contributed by atoms with E-state index >= 15 is 0 Å². The number of nitrogens with one attached hydrogen (secondary N) is 2. The van der Waals surface area contributed by atoms with Crippen LogP contribution in [0, 0.1) is 17.9 Å². The third-order valence-corrected chi connectivity index (χ3v) is 1.14. The molecule has 0 bridgehead atoms. The van der Waals surface area contributed by atoms with Gasteiger partial charge < -0.3 is 10.6 Å². The van der Waals surface area contributed by atoms with E-state index in [1.165, 1.54) is 6.07 Å². The SMILES string of the molecule is [C-]#[N+]C(C#N)=C1NC(=O)C(=O)N1. The van der Waals surface area contributed by atoms with Gasteiger partial charge in [-0.15, -0.1) is 0 Å². The Balaban J connectivity index is 3.04. The lowest BCUT2D eigenvalue weighted by molar-refractivity contribution is -0.135. The third-order valence-electron chi connectivity index (χ3n) is 1.14. The zero-order chi connectivity index (χ0) is 9.14. The van der Waals surface area contributed by atoms with Crippen molar-refractivity contribution in [1.29, 1.82) is 5.26 Å². The van der Waals surface area contributed by atoms with E-state index in [1.54, 1.807) is 0 Å². The van der Waals surface area contributed by atoms with E-state index in [2.05, 4.69) is 4.85 Å². The van der Waals surface area contributed by atoms with Crippen LogP contribution >= 0.6 is 0 Å². The van der Waals surface area contributed by atoms with Crippen LogP contribution in [0.2, 0.25) is 0 Å². The van der Waals surface area contributed by atoms with Gasteiger partial charge in [-0.1, -0.05) is 0 Å². The predicted molar refractivity (Wildman–Crippen MR) is 35.5 cm³/mol. The van der Waals surface area contributed by atoms with Crippen molar-refractivity contribution in [3.8, 4) is 6.07 Å². The Bertz CT molecular complexity index is 334. The first-order valence-corrected chi connectivity index (χ1v) is 2.83. The molecule has 6 heteroatoms. The van der Waals surface area contributed by atoms with Crippen molar-refractivity contribution < 1.29 is 9.59 Å². The summed E-state index contributed by atoms with van der Waals surface area (Å²) in [5, 5.41) is 12.4. The van der Waals surface area contributed by atoms with Crippen molar-refractivity contribution in [3.05, 3.63) is 22.9 Å². The minimum atomic E-state index is -0.860. The normalized spacial score (nSPS) is 14.3. The average Bonchev–Trinajstić information content (AvgIpc) is 2.35. The molecule has 0 atom stereocenters. The van der Waals surface area contributed by atoms with E-state index in [9.17, 15) is 9.59 Å². The molecule has 1 heterocycles. The highest BCUT2D eigenvalue weighted by Gasteiger charge is 2.26. The molecule has 58 valence electrons. The molecule has 0 aromatic rings. The summed E-state index contributed by atoms with van der Waals surface area (Å²) in [5.41, 5.74) is -0.339. The van der Waals surface area contributed by atoms with Crippen molar-refractivity contribution in [2.24, 2.45) is 0 Å². The van der Waals surface area contributed by atoms with E-state index in [4.69, 9.17) is 11.8 Å². The van der Waals surface area contributed by atoms with Crippen molar-refractivity contribution in [1.82, 2.24) is 10.6 Å². The lowest BCUT2D eigenvalue weighted by Gasteiger charge is -1.93. The molecule has 0 aliphatic carbocycles. The Morgan fingerprint density at radius 1 is 1.42 bits per heavy atom. The summed E-state index contributed by atoms with van der Waals surface area (Å²) in [4.78, 5) is 23.9. The van der Waals surface area contributed by atoms with Gasteiger partial charge in [-0.05, 0) is 0 Å². The van der Waals surface area contributed by atoms with Crippen LogP contribution in [0.1, 0.15) is 0 Å². The van der Waals surface area contributed by atoms with Crippen LogP contribution in [0.4, 0.5) is 0 Å². The van der Waals surface area contributed by atoms with Crippen LogP contribution in [0.25, 0.3) is 4.85 Å². The molecule has 0 aromatic heterocycles. The molecular weight excluding hydrogens is 160 g/mol. The Kier molecular flexibility index (Phi) is 1.76. The molecule has 2 amide bonds. The van der Waals surface area contributed by atoms with E-state index < -0.39 is 11.8 Å². The van der Waals surface area contributed by atoms with Crippen molar-refractivity contribution in [2.45, 2.75) is 0 Å². The van der Waals surface area contributed by atoms with Gasteiger partial charge in [0.15, 0.2) is 0 Å². The minimum Gasteiger partial charge on any atom is -0.312 e. The van der Waals surface area contributed by atoms with Gasteiger partial charge >= 0.3 is 17.5 Å². The Morgan fingerprint density at radius 2 is 1.92 bits per heavy atom. The topological polar surface area (TPSA) is 86.3 Å². The Hall–Kier alpha value is -2.34. The molecule has 1 rings (SSSR count). The van der Waals surface area contributed by atoms with Crippen LogP contribution in [0.15, 0.2) is 11.5 Å². The van der Waals surface area contributed by atoms with Crippen LogP contribution in [0.5, 0.6) is 0 Å². The standard InChI is InChI=1S/C6H2N4O2/c1-8-3(2-7)4-9-5(11)6(12)10-4/h(H,9,11)(H,10,12). The Labute approximate surface area is 67.3 Å². The molecule has 0 radical (unpaired) electrons. The van der Waals surface area contributed by atoms with Gasteiger partial charge in [0.2, 0.25) is 0 Å². The fourth-order valence-electron chi connectivity index (χ4n) is 0.627. The third kappa shape index (κ3) is 1.09. The fraction of sp³-hybridized carbons (Fsp3) is 0. The second-order valence-corrected chi connectivity index (χ2v) is 1.86. The maximum Gasteiger partial charge on any atom is 0.314 e. The number of hydrogen-bond donors (Lipinski definition) is 2. The summed E-state index contributed by atoms with van der Waals surface area (Å²) in [7, 11) is 0. The average molecular weight is 162 g/mol. The molecule has 1 fully saturated rings. The molecule has 0 saturated carbocycles. The molecule has 2 N–H and O–H groups in total. The summed E-state index contributed by atoms with van der Waals surface area (Å²) >= 11 is 0. The van der Waals surface area contributed by atoms with E-state index in [0.29, 0.717) is 0 Å². The number of carbonyl (C=O) groups excluding carboxylic acids is 2. The number of carbonyl (C=O) groups is 2. The minimum absolute atomic E-state index is 0.137.